The number of benzene rings is 1. The Morgan fingerprint density at radius 1 is 1.46 bits per heavy atom. The van der Waals surface area contributed by atoms with Gasteiger partial charge in [0.2, 0.25) is 0 Å². The van der Waals surface area contributed by atoms with Gasteiger partial charge in [-0.15, -0.1) is 0 Å². The monoisotopic (exact) mass is 176 g/mol. The minimum absolute atomic E-state index is 0.0144. The molecule has 1 atom stereocenters. The van der Waals surface area contributed by atoms with Crippen LogP contribution in [0, 0.1) is 0 Å². The van der Waals surface area contributed by atoms with Crippen molar-refractivity contribution in [3.05, 3.63) is 29.8 Å². The number of aliphatic carboxylic acids is 1. The van der Waals surface area contributed by atoms with Gasteiger partial charge in [-0.3, -0.25) is 4.79 Å². The highest BCUT2D eigenvalue weighted by Crippen LogP contribution is 2.36. The van der Waals surface area contributed by atoms with Crippen molar-refractivity contribution in [2.24, 2.45) is 10.2 Å². The van der Waals surface area contributed by atoms with Gasteiger partial charge in [0.15, 0.2) is 0 Å². The molecule has 13 heavy (non-hydrogen) atoms. The zero-order valence-electron chi connectivity index (χ0n) is 6.84. The van der Waals surface area contributed by atoms with Gasteiger partial charge in [-0.1, -0.05) is 18.2 Å². The van der Waals surface area contributed by atoms with Gasteiger partial charge >= 0.3 is 5.97 Å². The molecule has 4 heteroatoms. The maximum absolute atomic E-state index is 10.5. The average Bonchev–Trinajstić information content (AvgIpc) is 2.48. The summed E-state index contributed by atoms with van der Waals surface area (Å²) in [5, 5.41) is 16.4. The maximum atomic E-state index is 10.5. The Bertz CT molecular complexity index is 374. The van der Waals surface area contributed by atoms with Gasteiger partial charge in [-0.2, -0.15) is 10.2 Å². The fourth-order valence-electron chi connectivity index (χ4n) is 1.37. The van der Waals surface area contributed by atoms with Crippen LogP contribution < -0.4 is 0 Å². The van der Waals surface area contributed by atoms with Crippen molar-refractivity contribution in [2.75, 3.05) is 0 Å². The van der Waals surface area contributed by atoms with Gasteiger partial charge in [-0.05, 0) is 6.07 Å². The minimum Gasteiger partial charge on any atom is -0.481 e. The van der Waals surface area contributed by atoms with Crippen LogP contribution in [0.2, 0.25) is 0 Å². The second-order valence-corrected chi connectivity index (χ2v) is 2.89. The lowest BCUT2D eigenvalue weighted by molar-refractivity contribution is -0.137. The smallest absolute Gasteiger partial charge is 0.305 e. The zero-order valence-corrected chi connectivity index (χ0v) is 6.84. The number of carbonyl (C=O) groups is 1. The Kier molecular flexibility index (Phi) is 1.81. The Labute approximate surface area is 74.9 Å². The van der Waals surface area contributed by atoms with Gasteiger partial charge < -0.3 is 5.11 Å². The predicted octanol–water partition coefficient (Wildman–Crippen LogP) is 2.30. The first-order valence-electron chi connectivity index (χ1n) is 3.99. The molecule has 0 saturated heterocycles. The van der Waals surface area contributed by atoms with Gasteiger partial charge in [0, 0.05) is 5.56 Å². The Hall–Kier alpha value is -1.71. The van der Waals surface area contributed by atoms with E-state index in [1.165, 1.54) is 0 Å². The molecule has 2 rings (SSSR count). The van der Waals surface area contributed by atoms with E-state index in [9.17, 15) is 4.79 Å². The number of nitrogens with zero attached hydrogens (tertiary/aromatic N) is 2. The van der Waals surface area contributed by atoms with E-state index in [0.29, 0.717) is 0 Å². The lowest BCUT2D eigenvalue weighted by atomic mass is 10.0. The molecular weight excluding hydrogens is 168 g/mol. The zero-order chi connectivity index (χ0) is 9.26. The summed E-state index contributed by atoms with van der Waals surface area (Å²) in [6, 6.07) is 7.13. The van der Waals surface area contributed by atoms with E-state index in [0.717, 1.165) is 11.3 Å². The summed E-state index contributed by atoms with van der Waals surface area (Å²) < 4.78 is 0. The van der Waals surface area contributed by atoms with E-state index in [1.54, 1.807) is 0 Å². The van der Waals surface area contributed by atoms with Gasteiger partial charge in [0.1, 0.15) is 6.04 Å². The van der Waals surface area contributed by atoms with Crippen LogP contribution in [0.5, 0.6) is 0 Å². The summed E-state index contributed by atoms with van der Waals surface area (Å²) in [6.07, 6.45) is 0.0144. The van der Waals surface area contributed by atoms with Crippen molar-refractivity contribution < 1.29 is 9.90 Å². The van der Waals surface area contributed by atoms with Crippen LogP contribution in [0.3, 0.4) is 0 Å². The number of carboxylic acids is 1. The van der Waals surface area contributed by atoms with Crippen LogP contribution in [-0.4, -0.2) is 11.1 Å². The van der Waals surface area contributed by atoms with Crippen molar-refractivity contribution >= 4 is 11.7 Å². The summed E-state index contributed by atoms with van der Waals surface area (Å²) in [5.41, 5.74) is 1.69. The first-order valence-corrected chi connectivity index (χ1v) is 3.99. The third-order valence-corrected chi connectivity index (χ3v) is 1.97. The molecular formula is C9H8N2O2. The largest absolute Gasteiger partial charge is 0.481 e. The standard InChI is InChI=1S/C9H8N2O2/c12-9(13)5-8-6-3-1-2-4-7(6)10-11-8/h1-4,8H,5H2,(H,12,13)/t8-/m0/s1. The fourth-order valence-corrected chi connectivity index (χ4v) is 1.37. The van der Waals surface area contributed by atoms with Crippen LogP contribution in [0.15, 0.2) is 34.5 Å². The summed E-state index contributed by atoms with van der Waals surface area (Å²) >= 11 is 0. The van der Waals surface area contributed by atoms with E-state index in [1.807, 2.05) is 24.3 Å². The first-order chi connectivity index (χ1) is 6.27. The summed E-state index contributed by atoms with van der Waals surface area (Å²) in [6.45, 7) is 0. The van der Waals surface area contributed by atoms with E-state index < -0.39 is 5.97 Å². The third-order valence-electron chi connectivity index (χ3n) is 1.97. The second kappa shape index (κ2) is 2.97. The molecule has 0 unspecified atom stereocenters. The van der Waals surface area contributed by atoms with Gasteiger partial charge in [0.05, 0.1) is 12.1 Å². The topological polar surface area (TPSA) is 62.0 Å². The van der Waals surface area contributed by atoms with Crippen molar-refractivity contribution in [3.63, 3.8) is 0 Å². The van der Waals surface area contributed by atoms with Crippen LogP contribution in [0.25, 0.3) is 0 Å². The lowest BCUT2D eigenvalue weighted by Crippen LogP contribution is -2.01. The molecule has 0 bridgehead atoms. The molecule has 0 aliphatic carbocycles. The molecule has 1 aromatic rings. The predicted molar refractivity (Wildman–Crippen MR) is 46.0 cm³/mol. The molecule has 1 heterocycles. The molecule has 0 spiro atoms. The molecule has 0 aromatic heterocycles. The second-order valence-electron chi connectivity index (χ2n) is 2.89. The summed E-state index contributed by atoms with van der Waals surface area (Å²) in [5.74, 6) is -0.847. The SMILES string of the molecule is O=C(O)C[C@@H]1N=Nc2ccccc21. The quantitative estimate of drug-likeness (QED) is 0.751. The molecule has 66 valence electrons. The number of rotatable bonds is 2. The highest BCUT2D eigenvalue weighted by molar-refractivity contribution is 5.69. The molecule has 1 aliphatic heterocycles. The summed E-state index contributed by atoms with van der Waals surface area (Å²) in [7, 11) is 0. The number of carboxylic acid groups (broad SMARTS) is 1. The number of hydrogen-bond donors (Lipinski definition) is 1. The van der Waals surface area contributed by atoms with Crippen LogP contribution in [0.1, 0.15) is 18.0 Å². The average molecular weight is 176 g/mol. The van der Waals surface area contributed by atoms with Crippen molar-refractivity contribution in [2.45, 2.75) is 12.5 Å². The van der Waals surface area contributed by atoms with Gasteiger partial charge in [0.25, 0.3) is 0 Å². The Morgan fingerprint density at radius 2 is 2.23 bits per heavy atom. The fraction of sp³-hybridized carbons (Fsp3) is 0.222. The van der Waals surface area contributed by atoms with Crippen molar-refractivity contribution in [1.82, 2.24) is 0 Å². The molecule has 0 fully saturated rings. The van der Waals surface area contributed by atoms with E-state index in [-0.39, 0.29) is 12.5 Å². The molecule has 0 amide bonds. The molecule has 1 N–H and O–H groups in total. The molecule has 4 nitrogen and oxygen atoms in total. The molecule has 1 aliphatic rings. The number of azo groups is 1. The Morgan fingerprint density at radius 3 is 3.00 bits per heavy atom. The van der Waals surface area contributed by atoms with Crippen LogP contribution in [0.4, 0.5) is 5.69 Å². The minimum atomic E-state index is -0.847. The number of hydrogen-bond acceptors (Lipinski definition) is 3. The van der Waals surface area contributed by atoms with Crippen molar-refractivity contribution in [1.29, 1.82) is 0 Å². The van der Waals surface area contributed by atoms with Crippen LogP contribution in [-0.2, 0) is 4.79 Å². The third kappa shape index (κ3) is 1.42. The first kappa shape index (κ1) is 7.91. The summed E-state index contributed by atoms with van der Waals surface area (Å²) in [4.78, 5) is 10.5. The lowest BCUT2D eigenvalue weighted by Gasteiger charge is -2.02. The van der Waals surface area contributed by atoms with E-state index in [4.69, 9.17) is 5.11 Å². The highest BCUT2D eigenvalue weighted by Gasteiger charge is 2.21. The molecule has 0 radical (unpaired) electrons. The van der Waals surface area contributed by atoms with Crippen molar-refractivity contribution in [3.8, 4) is 0 Å². The molecule has 1 aromatic carbocycles. The van der Waals surface area contributed by atoms with E-state index in [2.05, 4.69) is 10.2 Å². The van der Waals surface area contributed by atoms with E-state index >= 15 is 0 Å². The van der Waals surface area contributed by atoms with Gasteiger partial charge in [-0.25, -0.2) is 0 Å². The maximum Gasteiger partial charge on any atom is 0.305 e. The van der Waals surface area contributed by atoms with Crippen LogP contribution >= 0.6 is 0 Å². The molecule has 0 saturated carbocycles. The number of fused-ring (bicyclic) bond motifs is 1. The normalized spacial score (nSPS) is 18.6. The Balaban J connectivity index is 2.28. The highest BCUT2D eigenvalue weighted by atomic mass is 16.4.